The molecule has 0 spiro atoms. The van der Waals surface area contributed by atoms with Crippen molar-refractivity contribution in [2.75, 3.05) is 13.2 Å². The van der Waals surface area contributed by atoms with Gasteiger partial charge in [0.05, 0.1) is 0 Å². The van der Waals surface area contributed by atoms with E-state index in [0.717, 1.165) is 23.1 Å². The third-order valence-electron chi connectivity index (χ3n) is 5.47. The van der Waals surface area contributed by atoms with Crippen LogP contribution in [0.2, 0.25) is 0 Å². The summed E-state index contributed by atoms with van der Waals surface area (Å²) in [5.41, 5.74) is 2.76. The van der Waals surface area contributed by atoms with Gasteiger partial charge in [-0.2, -0.15) is 0 Å². The Morgan fingerprint density at radius 3 is 2.26 bits per heavy atom. The molecule has 1 unspecified atom stereocenters. The first-order valence-corrected chi connectivity index (χ1v) is 11.5. The van der Waals surface area contributed by atoms with Crippen LogP contribution in [0.25, 0.3) is 0 Å². The number of hydrogen-bond acceptors (Lipinski definition) is 3. The highest BCUT2D eigenvalue weighted by molar-refractivity contribution is 5.88. The van der Waals surface area contributed by atoms with Gasteiger partial charge >= 0.3 is 0 Å². The lowest BCUT2D eigenvalue weighted by molar-refractivity contribution is -0.142. The Balaban J connectivity index is 1.87. The average Bonchev–Trinajstić information content (AvgIpc) is 2.86. The zero-order valence-corrected chi connectivity index (χ0v) is 19.7. The van der Waals surface area contributed by atoms with Gasteiger partial charge in [-0.15, -0.1) is 0 Å². The van der Waals surface area contributed by atoms with Crippen LogP contribution < -0.4 is 10.1 Å². The zero-order valence-electron chi connectivity index (χ0n) is 19.7. The normalized spacial score (nSPS) is 11.5. The number of benzene rings is 3. The third kappa shape index (κ3) is 7.44. The second-order valence-corrected chi connectivity index (χ2v) is 8.25. The van der Waals surface area contributed by atoms with Crippen molar-refractivity contribution >= 4 is 11.8 Å². The van der Waals surface area contributed by atoms with Gasteiger partial charge in [-0.3, -0.25) is 9.59 Å². The number of nitrogens with zero attached hydrogens (tertiary/aromatic N) is 1. The lowest BCUT2D eigenvalue weighted by Crippen LogP contribution is -2.51. The number of halogens is 1. The third-order valence-corrected chi connectivity index (χ3v) is 5.47. The topological polar surface area (TPSA) is 58.6 Å². The van der Waals surface area contributed by atoms with Crippen molar-refractivity contribution < 1.29 is 18.7 Å². The Morgan fingerprint density at radius 1 is 0.941 bits per heavy atom. The number of ether oxygens (including phenoxy) is 1. The van der Waals surface area contributed by atoms with Gasteiger partial charge in [0.25, 0.3) is 5.91 Å². The molecule has 1 N–H and O–H groups in total. The van der Waals surface area contributed by atoms with E-state index in [4.69, 9.17) is 4.74 Å². The van der Waals surface area contributed by atoms with Gasteiger partial charge in [0, 0.05) is 19.5 Å². The highest BCUT2D eigenvalue weighted by Gasteiger charge is 2.30. The molecule has 2 amide bonds. The Bertz CT molecular complexity index is 1050. The summed E-state index contributed by atoms with van der Waals surface area (Å²) in [5.74, 6) is -0.324. The predicted molar refractivity (Wildman–Crippen MR) is 131 cm³/mol. The van der Waals surface area contributed by atoms with Crippen LogP contribution in [-0.2, 0) is 22.6 Å². The first-order chi connectivity index (χ1) is 16.5. The summed E-state index contributed by atoms with van der Waals surface area (Å²) in [6.07, 6.45) is 1.14. The van der Waals surface area contributed by atoms with E-state index < -0.39 is 6.04 Å². The largest absolute Gasteiger partial charge is 0.484 e. The molecule has 3 aromatic rings. The fourth-order valence-electron chi connectivity index (χ4n) is 3.57. The van der Waals surface area contributed by atoms with Crippen molar-refractivity contribution in [3.63, 3.8) is 0 Å². The van der Waals surface area contributed by atoms with E-state index in [1.807, 2.05) is 68.4 Å². The summed E-state index contributed by atoms with van der Waals surface area (Å²) in [5, 5.41) is 2.93. The summed E-state index contributed by atoms with van der Waals surface area (Å²) < 4.78 is 19.2. The molecule has 0 aromatic heterocycles. The average molecular weight is 463 g/mol. The zero-order chi connectivity index (χ0) is 24.3. The van der Waals surface area contributed by atoms with Crippen LogP contribution in [-0.4, -0.2) is 35.9 Å². The Labute approximate surface area is 200 Å². The molecular weight excluding hydrogens is 431 g/mol. The van der Waals surface area contributed by atoms with Crippen molar-refractivity contribution in [3.8, 4) is 5.75 Å². The molecule has 0 saturated heterocycles. The summed E-state index contributed by atoms with van der Waals surface area (Å²) in [7, 11) is 0. The maximum atomic E-state index is 13.5. The van der Waals surface area contributed by atoms with Crippen LogP contribution in [0.4, 0.5) is 4.39 Å². The van der Waals surface area contributed by atoms with E-state index >= 15 is 0 Å². The summed E-state index contributed by atoms with van der Waals surface area (Å²) in [6, 6.07) is 22.2. The highest BCUT2D eigenvalue weighted by atomic mass is 19.1. The van der Waals surface area contributed by atoms with Gasteiger partial charge in [-0.1, -0.05) is 67.1 Å². The number of amides is 2. The first-order valence-electron chi connectivity index (χ1n) is 11.5. The van der Waals surface area contributed by atoms with Crippen LogP contribution in [0.5, 0.6) is 5.75 Å². The van der Waals surface area contributed by atoms with Gasteiger partial charge in [-0.25, -0.2) is 4.39 Å². The SMILES string of the molecule is CCCNC(=O)C(Cc1ccccc1)N(Cc1ccc(F)cc1)C(=O)COc1ccc(C)cc1. The fraction of sp³-hybridized carbons (Fsp3) is 0.286. The molecule has 3 rings (SSSR count). The van der Waals surface area contributed by atoms with Crippen molar-refractivity contribution in [1.29, 1.82) is 0 Å². The second-order valence-electron chi connectivity index (χ2n) is 8.25. The Hall–Kier alpha value is -3.67. The molecule has 0 radical (unpaired) electrons. The van der Waals surface area contributed by atoms with Crippen LogP contribution >= 0.6 is 0 Å². The number of hydrogen-bond donors (Lipinski definition) is 1. The molecule has 0 fully saturated rings. The molecule has 0 aliphatic carbocycles. The van der Waals surface area contributed by atoms with Gasteiger partial charge < -0.3 is 15.0 Å². The van der Waals surface area contributed by atoms with Gasteiger partial charge in [0.1, 0.15) is 17.6 Å². The van der Waals surface area contributed by atoms with Crippen LogP contribution in [0.1, 0.15) is 30.0 Å². The molecule has 1 atom stereocenters. The fourth-order valence-corrected chi connectivity index (χ4v) is 3.57. The molecule has 34 heavy (non-hydrogen) atoms. The van der Waals surface area contributed by atoms with Gasteiger partial charge in [0.2, 0.25) is 5.91 Å². The molecule has 6 heteroatoms. The van der Waals surface area contributed by atoms with Crippen molar-refractivity contribution in [2.24, 2.45) is 0 Å². The molecule has 0 saturated carbocycles. The van der Waals surface area contributed by atoms with Crippen LogP contribution in [0, 0.1) is 12.7 Å². The van der Waals surface area contributed by atoms with Gasteiger partial charge in [0.15, 0.2) is 6.61 Å². The Kier molecular flexibility index (Phi) is 9.21. The highest BCUT2D eigenvalue weighted by Crippen LogP contribution is 2.17. The van der Waals surface area contributed by atoms with E-state index in [1.54, 1.807) is 12.1 Å². The second kappa shape index (κ2) is 12.5. The molecular formula is C28H31FN2O3. The standard InChI is InChI=1S/C28H31FN2O3/c1-3-17-30-28(33)26(18-22-7-5-4-6-8-22)31(19-23-11-13-24(29)14-12-23)27(32)20-34-25-15-9-21(2)10-16-25/h4-16,26H,3,17-20H2,1-2H3,(H,30,33). The predicted octanol–water partition coefficient (Wildman–Crippen LogP) is 4.68. The first kappa shape index (κ1) is 25.0. The molecule has 5 nitrogen and oxygen atoms in total. The number of aryl methyl sites for hydroxylation is 1. The maximum absolute atomic E-state index is 13.5. The van der Waals surface area contributed by atoms with E-state index in [9.17, 15) is 14.0 Å². The number of nitrogens with one attached hydrogen (secondary N) is 1. The van der Waals surface area contributed by atoms with E-state index in [2.05, 4.69) is 5.32 Å². The smallest absolute Gasteiger partial charge is 0.261 e. The van der Waals surface area contributed by atoms with Crippen LogP contribution in [0.15, 0.2) is 78.9 Å². The van der Waals surface area contributed by atoms with Crippen molar-refractivity contribution in [3.05, 3.63) is 101 Å². The maximum Gasteiger partial charge on any atom is 0.261 e. The summed E-state index contributed by atoms with van der Waals surface area (Å²) in [6.45, 7) is 4.42. The van der Waals surface area contributed by atoms with E-state index in [0.29, 0.717) is 18.7 Å². The minimum Gasteiger partial charge on any atom is -0.484 e. The quantitative estimate of drug-likeness (QED) is 0.450. The summed E-state index contributed by atoms with van der Waals surface area (Å²) in [4.78, 5) is 28.1. The number of carbonyl (C=O) groups is 2. The lowest BCUT2D eigenvalue weighted by Gasteiger charge is -2.31. The lowest BCUT2D eigenvalue weighted by atomic mass is 10.0. The van der Waals surface area contributed by atoms with E-state index in [1.165, 1.54) is 17.0 Å². The molecule has 0 aliphatic heterocycles. The summed E-state index contributed by atoms with van der Waals surface area (Å²) >= 11 is 0. The van der Waals surface area contributed by atoms with Gasteiger partial charge in [-0.05, 0) is 48.7 Å². The molecule has 0 aliphatic rings. The molecule has 0 heterocycles. The Morgan fingerprint density at radius 2 is 1.62 bits per heavy atom. The molecule has 3 aromatic carbocycles. The molecule has 178 valence electrons. The monoisotopic (exact) mass is 462 g/mol. The molecule has 0 bridgehead atoms. The number of rotatable bonds is 11. The van der Waals surface area contributed by atoms with Crippen LogP contribution in [0.3, 0.4) is 0 Å². The van der Waals surface area contributed by atoms with Crippen molar-refractivity contribution in [2.45, 2.75) is 39.3 Å². The minimum absolute atomic E-state index is 0.160. The van der Waals surface area contributed by atoms with Crippen molar-refractivity contribution in [1.82, 2.24) is 10.2 Å². The number of carbonyl (C=O) groups excluding carboxylic acids is 2. The minimum atomic E-state index is -0.742. The van der Waals surface area contributed by atoms with E-state index in [-0.39, 0.29) is 30.8 Å².